The minimum atomic E-state index is -0.415. The second-order valence-corrected chi connectivity index (χ2v) is 6.71. The number of nitrogens with zero attached hydrogens (tertiary/aromatic N) is 1. The van der Waals surface area contributed by atoms with E-state index in [9.17, 15) is 10.1 Å². The maximum atomic E-state index is 12.6. The van der Waals surface area contributed by atoms with Crippen molar-refractivity contribution >= 4 is 17.3 Å². The first-order valence-electron chi connectivity index (χ1n) is 8.69. The topological polar surface area (TPSA) is 64.9 Å². The highest BCUT2D eigenvalue weighted by Gasteiger charge is 2.15. The van der Waals surface area contributed by atoms with E-state index in [1.54, 1.807) is 0 Å². The zero-order valence-corrected chi connectivity index (χ0v) is 16.0. The molecule has 0 bridgehead atoms. The summed E-state index contributed by atoms with van der Waals surface area (Å²) in [6.45, 7) is 10.1. The van der Waals surface area contributed by atoms with Crippen LogP contribution in [0.1, 0.15) is 42.0 Å². The summed E-state index contributed by atoms with van der Waals surface area (Å²) in [6.07, 6.45) is 1.46. The van der Waals surface area contributed by atoms with Gasteiger partial charge in [-0.3, -0.25) is 4.79 Å². The quantitative estimate of drug-likeness (QED) is 0.577. The monoisotopic (exact) mass is 347 g/mol. The molecule has 0 fully saturated rings. The Kier molecular flexibility index (Phi) is 6.19. The number of carbonyl (C=O) groups excluding carboxylic acids is 1. The molecule has 2 aromatic carbocycles. The Balaban J connectivity index is 2.25. The van der Waals surface area contributed by atoms with E-state index in [1.807, 2.05) is 63.2 Å². The second kappa shape index (κ2) is 8.35. The Labute approximate surface area is 155 Å². The Morgan fingerprint density at radius 3 is 2.38 bits per heavy atom. The first-order valence-corrected chi connectivity index (χ1v) is 8.69. The fourth-order valence-corrected chi connectivity index (χ4v) is 2.73. The minimum Gasteiger partial charge on any atom is -0.360 e. The lowest BCUT2D eigenvalue weighted by Crippen LogP contribution is -2.17. The van der Waals surface area contributed by atoms with Crippen LogP contribution < -0.4 is 10.6 Å². The lowest BCUT2D eigenvalue weighted by atomic mass is 9.98. The SMILES string of the molecule is Cc1cccc(N/C=C(/C#N)C(=O)Nc2c(C)cccc2C(C)C)c1C. The summed E-state index contributed by atoms with van der Waals surface area (Å²) in [5.41, 5.74) is 5.95. The predicted molar refractivity (Wildman–Crippen MR) is 107 cm³/mol. The van der Waals surface area contributed by atoms with E-state index in [4.69, 9.17) is 0 Å². The van der Waals surface area contributed by atoms with E-state index in [-0.39, 0.29) is 11.5 Å². The van der Waals surface area contributed by atoms with Crippen LogP contribution >= 0.6 is 0 Å². The van der Waals surface area contributed by atoms with Crippen molar-refractivity contribution in [2.75, 3.05) is 10.6 Å². The summed E-state index contributed by atoms with van der Waals surface area (Å²) < 4.78 is 0. The van der Waals surface area contributed by atoms with Gasteiger partial charge in [0.25, 0.3) is 5.91 Å². The standard InChI is InChI=1S/C22H25N3O/c1-14(2)19-10-6-9-16(4)21(19)25-22(26)18(12-23)13-24-20-11-7-8-15(3)17(20)5/h6-11,13-14,24H,1-5H3,(H,25,26)/b18-13-. The molecule has 0 unspecified atom stereocenters. The fraction of sp³-hybridized carbons (Fsp3) is 0.273. The van der Waals surface area contributed by atoms with Gasteiger partial charge in [0, 0.05) is 17.6 Å². The van der Waals surface area contributed by atoms with Crippen LogP contribution in [0.4, 0.5) is 11.4 Å². The number of anilines is 2. The zero-order valence-electron chi connectivity index (χ0n) is 16.0. The van der Waals surface area contributed by atoms with Gasteiger partial charge >= 0.3 is 0 Å². The Bertz CT molecular complexity index is 889. The molecule has 0 aromatic heterocycles. The van der Waals surface area contributed by atoms with E-state index in [1.165, 1.54) is 6.20 Å². The molecule has 0 saturated carbocycles. The van der Waals surface area contributed by atoms with Gasteiger partial charge in [0.05, 0.1) is 0 Å². The van der Waals surface area contributed by atoms with Crippen LogP contribution in [0.5, 0.6) is 0 Å². The Morgan fingerprint density at radius 2 is 1.73 bits per heavy atom. The molecule has 0 aliphatic carbocycles. The maximum absolute atomic E-state index is 12.6. The number of rotatable bonds is 5. The number of amides is 1. The van der Waals surface area contributed by atoms with Crippen molar-refractivity contribution in [3.8, 4) is 6.07 Å². The lowest BCUT2D eigenvalue weighted by molar-refractivity contribution is -0.112. The van der Waals surface area contributed by atoms with Crippen LogP contribution in [-0.2, 0) is 4.79 Å². The van der Waals surface area contributed by atoms with Gasteiger partial charge < -0.3 is 10.6 Å². The highest BCUT2D eigenvalue weighted by Crippen LogP contribution is 2.27. The first kappa shape index (κ1) is 19.3. The molecular formula is C22H25N3O. The van der Waals surface area contributed by atoms with Gasteiger partial charge in [-0.25, -0.2) is 0 Å². The summed E-state index contributed by atoms with van der Waals surface area (Å²) in [5, 5.41) is 15.4. The normalized spacial score (nSPS) is 11.2. The van der Waals surface area contributed by atoms with E-state index in [0.717, 1.165) is 33.6 Å². The van der Waals surface area contributed by atoms with Crippen molar-refractivity contribution in [2.24, 2.45) is 0 Å². The second-order valence-electron chi connectivity index (χ2n) is 6.71. The molecule has 4 heteroatoms. The molecule has 26 heavy (non-hydrogen) atoms. The number of aryl methyl sites for hydroxylation is 2. The van der Waals surface area contributed by atoms with Crippen molar-refractivity contribution in [3.05, 3.63) is 70.4 Å². The average Bonchev–Trinajstić information content (AvgIpc) is 2.60. The van der Waals surface area contributed by atoms with Gasteiger partial charge in [-0.2, -0.15) is 5.26 Å². The van der Waals surface area contributed by atoms with Crippen LogP contribution in [0.2, 0.25) is 0 Å². The highest BCUT2D eigenvalue weighted by molar-refractivity contribution is 6.07. The zero-order chi connectivity index (χ0) is 19.3. The Morgan fingerprint density at radius 1 is 1.08 bits per heavy atom. The minimum absolute atomic E-state index is 0.0314. The smallest absolute Gasteiger partial charge is 0.267 e. The summed E-state index contributed by atoms with van der Waals surface area (Å²) in [6, 6.07) is 13.8. The molecule has 2 rings (SSSR count). The first-order chi connectivity index (χ1) is 12.3. The third kappa shape index (κ3) is 4.31. The Hall–Kier alpha value is -3.06. The van der Waals surface area contributed by atoms with Crippen molar-refractivity contribution < 1.29 is 4.79 Å². The number of nitrogens with one attached hydrogen (secondary N) is 2. The van der Waals surface area contributed by atoms with E-state index in [0.29, 0.717) is 0 Å². The van der Waals surface area contributed by atoms with E-state index >= 15 is 0 Å². The number of nitriles is 1. The lowest BCUT2D eigenvalue weighted by Gasteiger charge is -2.16. The third-order valence-corrected chi connectivity index (χ3v) is 4.51. The number of carbonyl (C=O) groups is 1. The van der Waals surface area contributed by atoms with Gasteiger partial charge in [0.1, 0.15) is 11.6 Å². The molecule has 0 atom stereocenters. The van der Waals surface area contributed by atoms with Gasteiger partial charge in [-0.15, -0.1) is 0 Å². The van der Waals surface area contributed by atoms with Crippen LogP contribution in [0.3, 0.4) is 0 Å². The highest BCUT2D eigenvalue weighted by atomic mass is 16.1. The van der Waals surface area contributed by atoms with Crippen molar-refractivity contribution in [1.29, 1.82) is 5.26 Å². The fourth-order valence-electron chi connectivity index (χ4n) is 2.73. The molecule has 0 aliphatic heterocycles. The molecule has 0 spiro atoms. The average molecular weight is 347 g/mol. The maximum Gasteiger partial charge on any atom is 0.267 e. The van der Waals surface area contributed by atoms with Gasteiger partial charge in [-0.05, 0) is 55.0 Å². The molecule has 0 saturated heterocycles. The molecule has 4 nitrogen and oxygen atoms in total. The summed E-state index contributed by atoms with van der Waals surface area (Å²) in [5.74, 6) is -0.144. The molecule has 1 amide bonds. The summed E-state index contributed by atoms with van der Waals surface area (Å²) in [7, 11) is 0. The van der Waals surface area contributed by atoms with Crippen molar-refractivity contribution in [1.82, 2.24) is 0 Å². The van der Waals surface area contributed by atoms with E-state index in [2.05, 4.69) is 24.5 Å². The summed E-state index contributed by atoms with van der Waals surface area (Å²) in [4.78, 5) is 12.6. The molecule has 2 N–H and O–H groups in total. The van der Waals surface area contributed by atoms with Crippen LogP contribution in [-0.4, -0.2) is 5.91 Å². The van der Waals surface area contributed by atoms with Gasteiger partial charge in [0.15, 0.2) is 0 Å². The number of benzene rings is 2. The number of hydrogen-bond donors (Lipinski definition) is 2. The predicted octanol–water partition coefficient (Wildman–Crippen LogP) is 5.19. The van der Waals surface area contributed by atoms with Crippen molar-refractivity contribution in [2.45, 2.75) is 40.5 Å². The molecular weight excluding hydrogens is 322 g/mol. The third-order valence-electron chi connectivity index (χ3n) is 4.51. The van der Waals surface area contributed by atoms with Crippen LogP contribution in [0, 0.1) is 32.1 Å². The molecule has 0 aliphatic rings. The van der Waals surface area contributed by atoms with Gasteiger partial charge in [0.2, 0.25) is 0 Å². The van der Waals surface area contributed by atoms with Gasteiger partial charge in [-0.1, -0.05) is 44.2 Å². The summed E-state index contributed by atoms with van der Waals surface area (Å²) >= 11 is 0. The largest absolute Gasteiger partial charge is 0.360 e. The number of hydrogen-bond acceptors (Lipinski definition) is 3. The molecule has 2 aromatic rings. The van der Waals surface area contributed by atoms with Crippen molar-refractivity contribution in [3.63, 3.8) is 0 Å². The van der Waals surface area contributed by atoms with E-state index < -0.39 is 5.91 Å². The van der Waals surface area contributed by atoms with Crippen LogP contribution in [0.25, 0.3) is 0 Å². The molecule has 0 heterocycles. The van der Waals surface area contributed by atoms with Crippen LogP contribution in [0.15, 0.2) is 48.2 Å². The number of para-hydroxylation sites is 1. The molecule has 0 radical (unpaired) electrons. The molecule has 134 valence electrons.